The summed E-state index contributed by atoms with van der Waals surface area (Å²) in [5.74, 6) is 2.29. The van der Waals surface area contributed by atoms with E-state index < -0.39 is 0 Å². The summed E-state index contributed by atoms with van der Waals surface area (Å²) in [4.78, 5) is 15.2. The van der Waals surface area contributed by atoms with Crippen molar-refractivity contribution in [3.05, 3.63) is 42.1 Å². The van der Waals surface area contributed by atoms with Crippen molar-refractivity contribution in [2.75, 3.05) is 26.3 Å². The zero-order valence-corrected chi connectivity index (χ0v) is 12.6. The van der Waals surface area contributed by atoms with E-state index in [2.05, 4.69) is 15.0 Å². The molecule has 1 saturated heterocycles. The highest BCUT2D eigenvalue weighted by atomic mass is 16.5. The predicted molar refractivity (Wildman–Crippen MR) is 83.8 cm³/mol. The van der Waals surface area contributed by atoms with Gasteiger partial charge in [0, 0.05) is 37.2 Å². The third-order valence-corrected chi connectivity index (χ3v) is 3.67. The van der Waals surface area contributed by atoms with Gasteiger partial charge in [0.2, 0.25) is 0 Å². The number of nitrogens with two attached hydrogens (primary N) is 1. The van der Waals surface area contributed by atoms with Gasteiger partial charge in [0.1, 0.15) is 11.6 Å². The minimum atomic E-state index is 0.490. The molecule has 0 amide bonds. The number of ether oxygens (including phenoxy) is 1. The summed E-state index contributed by atoms with van der Waals surface area (Å²) in [6.07, 6.45) is 5.43. The van der Waals surface area contributed by atoms with E-state index in [1.165, 1.54) is 0 Å². The minimum absolute atomic E-state index is 0.490. The Balaban J connectivity index is 1.79. The maximum Gasteiger partial charge on any atom is 0.191 e. The van der Waals surface area contributed by atoms with Gasteiger partial charge in [-0.05, 0) is 13.0 Å². The van der Waals surface area contributed by atoms with Crippen LogP contribution in [-0.4, -0.2) is 51.7 Å². The maximum absolute atomic E-state index is 6.08. The number of morpholine rings is 1. The lowest BCUT2D eigenvalue weighted by Crippen LogP contribution is -2.44. The van der Waals surface area contributed by atoms with Gasteiger partial charge >= 0.3 is 0 Å². The highest BCUT2D eigenvalue weighted by molar-refractivity contribution is 5.78. The number of aryl methyl sites for hydroxylation is 1. The topological polar surface area (TPSA) is 81.6 Å². The van der Waals surface area contributed by atoms with E-state index in [9.17, 15) is 0 Å². The van der Waals surface area contributed by atoms with Gasteiger partial charge in [-0.2, -0.15) is 0 Å². The molecule has 7 heteroatoms. The number of imidazole rings is 1. The van der Waals surface area contributed by atoms with Gasteiger partial charge in [0.05, 0.1) is 19.8 Å². The quantitative estimate of drug-likeness (QED) is 0.667. The van der Waals surface area contributed by atoms with Gasteiger partial charge < -0.3 is 15.4 Å². The Hall–Kier alpha value is -2.41. The number of pyridine rings is 1. The summed E-state index contributed by atoms with van der Waals surface area (Å²) in [5, 5.41) is 0. The van der Waals surface area contributed by atoms with Crippen LogP contribution in [0.25, 0.3) is 5.82 Å². The number of nitrogens with zero attached hydrogens (tertiary/aromatic N) is 5. The highest BCUT2D eigenvalue weighted by Crippen LogP contribution is 2.14. The molecule has 22 heavy (non-hydrogen) atoms. The fourth-order valence-corrected chi connectivity index (χ4v) is 2.43. The molecule has 3 heterocycles. The van der Waals surface area contributed by atoms with Gasteiger partial charge in [-0.15, -0.1) is 0 Å². The molecule has 3 rings (SSSR count). The van der Waals surface area contributed by atoms with Crippen LogP contribution in [0.3, 0.4) is 0 Å². The van der Waals surface area contributed by atoms with Crippen LogP contribution >= 0.6 is 0 Å². The van der Waals surface area contributed by atoms with Crippen molar-refractivity contribution in [1.29, 1.82) is 0 Å². The van der Waals surface area contributed by atoms with Crippen LogP contribution in [-0.2, 0) is 11.3 Å². The van der Waals surface area contributed by atoms with Gasteiger partial charge in [0.25, 0.3) is 0 Å². The third-order valence-electron chi connectivity index (χ3n) is 3.67. The predicted octanol–water partition coefficient (Wildman–Crippen LogP) is 0.723. The van der Waals surface area contributed by atoms with Crippen molar-refractivity contribution in [2.24, 2.45) is 10.7 Å². The molecule has 1 aliphatic heterocycles. The number of aromatic nitrogens is 3. The molecule has 0 saturated carbocycles. The number of hydrogen-bond acceptors (Lipinski definition) is 4. The Labute approximate surface area is 129 Å². The molecule has 0 unspecified atom stereocenters. The Kier molecular flexibility index (Phi) is 4.34. The fraction of sp³-hybridized carbons (Fsp3) is 0.400. The van der Waals surface area contributed by atoms with Crippen LogP contribution < -0.4 is 5.73 Å². The van der Waals surface area contributed by atoms with Gasteiger partial charge in [-0.25, -0.2) is 15.0 Å². The van der Waals surface area contributed by atoms with Crippen LogP contribution in [0.4, 0.5) is 0 Å². The molecule has 0 bridgehead atoms. The first-order chi connectivity index (χ1) is 10.8. The molecular formula is C15H20N6O. The highest BCUT2D eigenvalue weighted by Gasteiger charge is 2.13. The van der Waals surface area contributed by atoms with E-state index in [4.69, 9.17) is 10.5 Å². The summed E-state index contributed by atoms with van der Waals surface area (Å²) < 4.78 is 7.28. The molecule has 116 valence electrons. The molecular weight excluding hydrogens is 280 g/mol. The van der Waals surface area contributed by atoms with Crippen molar-refractivity contribution < 1.29 is 4.74 Å². The molecule has 0 aromatic carbocycles. The molecule has 2 aromatic rings. The molecule has 1 fully saturated rings. The van der Waals surface area contributed by atoms with Crippen molar-refractivity contribution >= 4 is 5.96 Å². The average Bonchev–Trinajstić information content (AvgIpc) is 2.99. The van der Waals surface area contributed by atoms with Crippen molar-refractivity contribution in [3.8, 4) is 5.82 Å². The van der Waals surface area contributed by atoms with Crippen LogP contribution in [0, 0.1) is 6.92 Å². The summed E-state index contributed by atoms with van der Waals surface area (Å²) in [5.41, 5.74) is 7.09. The van der Waals surface area contributed by atoms with Crippen LogP contribution in [0.2, 0.25) is 0 Å². The number of hydrogen-bond donors (Lipinski definition) is 1. The van der Waals surface area contributed by atoms with E-state index >= 15 is 0 Å². The van der Waals surface area contributed by atoms with E-state index in [0.29, 0.717) is 25.7 Å². The number of guanidine groups is 1. The molecule has 0 atom stereocenters. The number of aliphatic imine (C=N–C) groups is 1. The van der Waals surface area contributed by atoms with E-state index in [1.54, 1.807) is 12.4 Å². The minimum Gasteiger partial charge on any atom is -0.378 e. The standard InChI is InChI=1S/C15H20N6O/c1-12-17-5-6-21(12)14-13(3-2-4-18-14)11-19-15(16)20-7-9-22-10-8-20/h2-6H,7-11H2,1H3,(H2,16,19). The second-order valence-corrected chi connectivity index (χ2v) is 5.10. The molecule has 2 N–H and O–H groups in total. The summed E-state index contributed by atoms with van der Waals surface area (Å²) in [6, 6.07) is 3.92. The van der Waals surface area contributed by atoms with Crippen molar-refractivity contribution in [2.45, 2.75) is 13.5 Å². The molecule has 7 nitrogen and oxygen atoms in total. The SMILES string of the molecule is Cc1nccn1-c1ncccc1CN=C(N)N1CCOCC1. The first-order valence-electron chi connectivity index (χ1n) is 7.32. The summed E-state index contributed by atoms with van der Waals surface area (Å²) in [6.45, 7) is 5.41. The third kappa shape index (κ3) is 3.09. The normalized spacial score (nSPS) is 16.0. The maximum atomic E-state index is 6.08. The second kappa shape index (κ2) is 6.57. The van der Waals surface area contributed by atoms with E-state index in [0.717, 1.165) is 30.3 Å². The first kappa shape index (κ1) is 14.5. The average molecular weight is 300 g/mol. The van der Waals surface area contributed by atoms with Crippen molar-refractivity contribution in [3.63, 3.8) is 0 Å². The second-order valence-electron chi connectivity index (χ2n) is 5.10. The Bertz CT molecular complexity index is 660. The summed E-state index contributed by atoms with van der Waals surface area (Å²) in [7, 11) is 0. The van der Waals surface area contributed by atoms with E-state index in [-0.39, 0.29) is 0 Å². The van der Waals surface area contributed by atoms with Gasteiger partial charge in [-0.3, -0.25) is 4.57 Å². The molecule has 1 aliphatic rings. The molecule has 2 aromatic heterocycles. The molecule has 0 radical (unpaired) electrons. The van der Waals surface area contributed by atoms with Crippen molar-refractivity contribution in [1.82, 2.24) is 19.4 Å². The zero-order valence-electron chi connectivity index (χ0n) is 12.6. The first-order valence-corrected chi connectivity index (χ1v) is 7.32. The Morgan fingerprint density at radius 2 is 2.14 bits per heavy atom. The Morgan fingerprint density at radius 3 is 2.86 bits per heavy atom. The van der Waals surface area contributed by atoms with Crippen LogP contribution in [0.15, 0.2) is 35.7 Å². The lowest BCUT2D eigenvalue weighted by atomic mass is 10.2. The van der Waals surface area contributed by atoms with Crippen LogP contribution in [0.1, 0.15) is 11.4 Å². The van der Waals surface area contributed by atoms with Gasteiger partial charge in [-0.1, -0.05) is 6.07 Å². The fourth-order valence-electron chi connectivity index (χ4n) is 2.43. The largest absolute Gasteiger partial charge is 0.378 e. The monoisotopic (exact) mass is 300 g/mol. The molecule has 0 aliphatic carbocycles. The van der Waals surface area contributed by atoms with E-state index in [1.807, 2.05) is 34.7 Å². The number of rotatable bonds is 3. The zero-order chi connectivity index (χ0) is 15.4. The van der Waals surface area contributed by atoms with Crippen LogP contribution in [0.5, 0.6) is 0 Å². The smallest absolute Gasteiger partial charge is 0.191 e. The Morgan fingerprint density at radius 1 is 1.32 bits per heavy atom. The lowest BCUT2D eigenvalue weighted by molar-refractivity contribution is 0.0674. The summed E-state index contributed by atoms with van der Waals surface area (Å²) >= 11 is 0. The van der Waals surface area contributed by atoms with Gasteiger partial charge in [0.15, 0.2) is 5.96 Å². The molecule has 0 spiro atoms. The lowest BCUT2D eigenvalue weighted by Gasteiger charge is -2.27.